The number of halogens is 1. The van der Waals surface area contributed by atoms with Crippen LogP contribution in [0.1, 0.15) is 21.5 Å². The number of carbonyl (C=O) groups is 1. The maximum Gasteiger partial charge on any atom is 0.337 e. The first-order chi connectivity index (χ1) is 9.72. The quantitative estimate of drug-likeness (QED) is 0.613. The summed E-state index contributed by atoms with van der Waals surface area (Å²) in [5, 5.41) is 0.828. The number of alkyl halides is 1. The number of carbonyl (C=O) groups excluding carboxylic acids is 1. The third kappa shape index (κ3) is 3.84. The van der Waals surface area contributed by atoms with Crippen LogP contribution in [0.15, 0.2) is 48.5 Å². The summed E-state index contributed by atoms with van der Waals surface area (Å²) in [6, 6.07) is 15.1. The van der Waals surface area contributed by atoms with Gasteiger partial charge in [-0.05, 0) is 35.4 Å². The first-order valence-corrected chi connectivity index (χ1v) is 7.30. The van der Waals surface area contributed by atoms with Gasteiger partial charge in [0, 0.05) is 5.33 Å². The number of hydrogen-bond donors (Lipinski definition) is 0. The van der Waals surface area contributed by atoms with Crippen molar-refractivity contribution in [2.45, 2.75) is 11.9 Å². The molecule has 0 N–H and O–H groups in total. The van der Waals surface area contributed by atoms with Crippen molar-refractivity contribution < 1.29 is 14.3 Å². The smallest absolute Gasteiger partial charge is 0.337 e. The summed E-state index contributed by atoms with van der Waals surface area (Å²) in [5.41, 5.74) is 2.66. The second kappa shape index (κ2) is 7.10. The van der Waals surface area contributed by atoms with E-state index < -0.39 is 0 Å². The van der Waals surface area contributed by atoms with Crippen LogP contribution in [0, 0.1) is 0 Å². The molecule has 0 atom stereocenters. The van der Waals surface area contributed by atoms with E-state index in [4.69, 9.17) is 9.47 Å². The summed E-state index contributed by atoms with van der Waals surface area (Å²) in [7, 11) is 1.37. The second-order valence-corrected chi connectivity index (χ2v) is 4.82. The molecule has 2 rings (SSSR count). The van der Waals surface area contributed by atoms with Gasteiger partial charge < -0.3 is 9.47 Å². The highest BCUT2D eigenvalue weighted by atomic mass is 79.9. The molecule has 0 aromatic heterocycles. The summed E-state index contributed by atoms with van der Waals surface area (Å²) in [6.07, 6.45) is 0. The minimum Gasteiger partial charge on any atom is -0.489 e. The Morgan fingerprint density at radius 2 is 1.85 bits per heavy atom. The van der Waals surface area contributed by atoms with Crippen molar-refractivity contribution in [1.29, 1.82) is 0 Å². The molecule has 0 aliphatic carbocycles. The number of rotatable bonds is 5. The van der Waals surface area contributed by atoms with E-state index in [-0.39, 0.29) is 5.97 Å². The summed E-state index contributed by atoms with van der Waals surface area (Å²) in [4.78, 5) is 11.4. The van der Waals surface area contributed by atoms with E-state index >= 15 is 0 Å². The van der Waals surface area contributed by atoms with Crippen molar-refractivity contribution in [2.75, 3.05) is 7.11 Å². The van der Waals surface area contributed by atoms with Crippen molar-refractivity contribution in [2.24, 2.45) is 0 Å². The molecule has 0 saturated carbocycles. The number of hydrogen-bond acceptors (Lipinski definition) is 3. The largest absolute Gasteiger partial charge is 0.489 e. The van der Waals surface area contributed by atoms with Gasteiger partial charge in [-0.25, -0.2) is 4.79 Å². The van der Waals surface area contributed by atoms with Crippen LogP contribution in [0.3, 0.4) is 0 Å². The first-order valence-electron chi connectivity index (χ1n) is 6.18. The van der Waals surface area contributed by atoms with E-state index in [0.29, 0.717) is 12.2 Å². The fourth-order valence-electron chi connectivity index (χ4n) is 1.75. The second-order valence-electron chi connectivity index (χ2n) is 4.26. The molecule has 0 aliphatic heterocycles. The van der Waals surface area contributed by atoms with Gasteiger partial charge in [0.25, 0.3) is 0 Å². The highest BCUT2D eigenvalue weighted by Gasteiger charge is 2.05. The molecule has 2 aromatic rings. The van der Waals surface area contributed by atoms with Crippen LogP contribution in [0.2, 0.25) is 0 Å². The number of esters is 1. The molecule has 0 bridgehead atoms. The zero-order valence-electron chi connectivity index (χ0n) is 11.1. The SMILES string of the molecule is COC(=O)c1cccc(COc2ccc(CBr)cc2)c1. The van der Waals surface area contributed by atoms with Crippen LogP contribution in [0.25, 0.3) is 0 Å². The van der Waals surface area contributed by atoms with E-state index in [0.717, 1.165) is 16.6 Å². The van der Waals surface area contributed by atoms with Gasteiger partial charge in [0.1, 0.15) is 12.4 Å². The Kier molecular flexibility index (Phi) is 5.18. The Balaban J connectivity index is 2.01. The van der Waals surface area contributed by atoms with Gasteiger partial charge in [-0.15, -0.1) is 0 Å². The Hall–Kier alpha value is -1.81. The summed E-state index contributed by atoms with van der Waals surface area (Å²) < 4.78 is 10.4. The lowest BCUT2D eigenvalue weighted by Gasteiger charge is -2.08. The third-order valence-electron chi connectivity index (χ3n) is 2.83. The van der Waals surface area contributed by atoms with Crippen molar-refractivity contribution >= 4 is 21.9 Å². The molecule has 0 spiro atoms. The summed E-state index contributed by atoms with van der Waals surface area (Å²) >= 11 is 3.40. The molecule has 2 aromatic carbocycles. The molecule has 4 heteroatoms. The zero-order valence-corrected chi connectivity index (χ0v) is 12.7. The highest BCUT2D eigenvalue weighted by molar-refractivity contribution is 9.08. The summed E-state index contributed by atoms with van der Waals surface area (Å²) in [6.45, 7) is 0.415. The van der Waals surface area contributed by atoms with Gasteiger partial charge in [0.05, 0.1) is 12.7 Å². The van der Waals surface area contributed by atoms with Gasteiger partial charge in [-0.1, -0.05) is 40.2 Å². The number of benzene rings is 2. The Morgan fingerprint density at radius 1 is 1.10 bits per heavy atom. The summed E-state index contributed by atoms with van der Waals surface area (Å²) in [5.74, 6) is 0.465. The predicted octanol–water partition coefficient (Wildman–Crippen LogP) is 3.95. The minimum absolute atomic E-state index is 0.339. The molecule has 0 amide bonds. The zero-order chi connectivity index (χ0) is 14.4. The van der Waals surface area contributed by atoms with Gasteiger partial charge in [0.2, 0.25) is 0 Å². The first kappa shape index (κ1) is 14.6. The lowest BCUT2D eigenvalue weighted by Crippen LogP contribution is -2.03. The fraction of sp³-hybridized carbons (Fsp3) is 0.188. The maximum atomic E-state index is 11.4. The maximum absolute atomic E-state index is 11.4. The lowest BCUT2D eigenvalue weighted by molar-refractivity contribution is 0.0600. The van der Waals surface area contributed by atoms with E-state index in [1.165, 1.54) is 12.7 Å². The lowest BCUT2D eigenvalue weighted by atomic mass is 10.1. The van der Waals surface area contributed by atoms with Gasteiger partial charge in [-0.3, -0.25) is 0 Å². The Bertz CT molecular complexity index is 579. The third-order valence-corrected chi connectivity index (χ3v) is 3.48. The average molecular weight is 335 g/mol. The Labute approximate surface area is 126 Å². The van der Waals surface area contributed by atoms with Crippen LogP contribution >= 0.6 is 15.9 Å². The van der Waals surface area contributed by atoms with Crippen molar-refractivity contribution in [3.05, 3.63) is 65.2 Å². The van der Waals surface area contributed by atoms with Crippen molar-refractivity contribution in [3.63, 3.8) is 0 Å². The minimum atomic E-state index is -0.339. The van der Waals surface area contributed by atoms with E-state index in [1.807, 2.05) is 36.4 Å². The van der Waals surface area contributed by atoms with Crippen LogP contribution < -0.4 is 4.74 Å². The van der Waals surface area contributed by atoms with E-state index in [1.54, 1.807) is 12.1 Å². The molecular formula is C16H15BrO3. The van der Waals surface area contributed by atoms with Crippen molar-refractivity contribution in [3.8, 4) is 5.75 Å². The Morgan fingerprint density at radius 3 is 2.50 bits per heavy atom. The molecular weight excluding hydrogens is 320 g/mol. The van der Waals surface area contributed by atoms with Gasteiger partial charge >= 0.3 is 5.97 Å². The molecule has 0 saturated heterocycles. The predicted molar refractivity (Wildman–Crippen MR) is 81.2 cm³/mol. The molecule has 0 radical (unpaired) electrons. The van der Waals surface area contributed by atoms with E-state index in [9.17, 15) is 4.79 Å². The molecule has 104 valence electrons. The van der Waals surface area contributed by atoms with Gasteiger partial charge in [-0.2, -0.15) is 0 Å². The molecule has 3 nitrogen and oxygen atoms in total. The monoisotopic (exact) mass is 334 g/mol. The normalized spacial score (nSPS) is 10.1. The molecule has 20 heavy (non-hydrogen) atoms. The van der Waals surface area contributed by atoms with Crippen LogP contribution in [0.4, 0.5) is 0 Å². The van der Waals surface area contributed by atoms with Gasteiger partial charge in [0.15, 0.2) is 0 Å². The van der Waals surface area contributed by atoms with Crippen molar-refractivity contribution in [1.82, 2.24) is 0 Å². The van der Waals surface area contributed by atoms with E-state index in [2.05, 4.69) is 15.9 Å². The molecule has 0 heterocycles. The number of ether oxygens (including phenoxy) is 2. The standard InChI is InChI=1S/C16H15BrO3/c1-19-16(18)14-4-2-3-13(9-14)11-20-15-7-5-12(10-17)6-8-15/h2-9H,10-11H2,1H3. The fourth-order valence-corrected chi connectivity index (χ4v) is 2.12. The van der Waals surface area contributed by atoms with Crippen LogP contribution in [-0.2, 0) is 16.7 Å². The molecule has 0 aliphatic rings. The molecule has 0 unspecified atom stereocenters. The van der Waals surface area contributed by atoms with Crippen LogP contribution in [-0.4, -0.2) is 13.1 Å². The average Bonchev–Trinajstić information content (AvgIpc) is 2.53. The van der Waals surface area contributed by atoms with Crippen LogP contribution in [0.5, 0.6) is 5.75 Å². The number of methoxy groups -OCH3 is 1. The molecule has 0 fully saturated rings. The topological polar surface area (TPSA) is 35.5 Å². The highest BCUT2D eigenvalue weighted by Crippen LogP contribution is 2.16.